The van der Waals surface area contributed by atoms with Gasteiger partial charge in [-0.1, -0.05) is 6.92 Å². The van der Waals surface area contributed by atoms with Gasteiger partial charge in [-0.15, -0.1) is 0 Å². The smallest absolute Gasteiger partial charge is 0.123 e. The van der Waals surface area contributed by atoms with Crippen LogP contribution in [0.4, 0.5) is 5.69 Å². The van der Waals surface area contributed by atoms with Crippen molar-refractivity contribution in [1.29, 1.82) is 0 Å². The first kappa shape index (κ1) is 11.6. The van der Waals surface area contributed by atoms with E-state index in [1.165, 1.54) is 36.1 Å². The first-order chi connectivity index (χ1) is 9.31. The number of nitrogens with one attached hydrogen (secondary N) is 2. The minimum absolute atomic E-state index is 0.279. The van der Waals surface area contributed by atoms with E-state index in [1.807, 2.05) is 0 Å². The summed E-state index contributed by atoms with van der Waals surface area (Å²) in [6.45, 7) is 5.36. The number of piperidine rings is 1. The van der Waals surface area contributed by atoms with E-state index < -0.39 is 0 Å². The fraction of sp³-hybridized carbons (Fsp3) is 0.625. The van der Waals surface area contributed by atoms with Crippen molar-refractivity contribution in [2.24, 2.45) is 0 Å². The van der Waals surface area contributed by atoms with E-state index >= 15 is 0 Å². The summed E-state index contributed by atoms with van der Waals surface area (Å²) >= 11 is 0. The van der Waals surface area contributed by atoms with Crippen molar-refractivity contribution < 1.29 is 4.74 Å². The fourth-order valence-corrected chi connectivity index (χ4v) is 3.85. The summed E-state index contributed by atoms with van der Waals surface area (Å²) in [6, 6.07) is 5.30. The van der Waals surface area contributed by atoms with Crippen LogP contribution in [0.25, 0.3) is 0 Å². The third kappa shape index (κ3) is 1.68. The third-order valence-electron chi connectivity index (χ3n) is 5.16. The van der Waals surface area contributed by atoms with Crippen LogP contribution in [0.3, 0.4) is 0 Å². The molecule has 1 spiro atoms. The van der Waals surface area contributed by atoms with E-state index in [9.17, 15) is 0 Å². The van der Waals surface area contributed by atoms with Crippen molar-refractivity contribution in [3.05, 3.63) is 23.3 Å². The molecule has 0 aliphatic carbocycles. The molecule has 1 aromatic carbocycles. The van der Waals surface area contributed by atoms with E-state index in [1.54, 1.807) is 0 Å². The summed E-state index contributed by atoms with van der Waals surface area (Å²) in [7, 11) is 0. The van der Waals surface area contributed by atoms with Crippen LogP contribution >= 0.6 is 0 Å². The second kappa shape index (κ2) is 4.14. The Morgan fingerprint density at radius 2 is 2.16 bits per heavy atom. The van der Waals surface area contributed by atoms with E-state index in [2.05, 4.69) is 29.7 Å². The van der Waals surface area contributed by atoms with Gasteiger partial charge in [-0.2, -0.15) is 0 Å². The number of ether oxygens (including phenoxy) is 1. The fourth-order valence-electron chi connectivity index (χ4n) is 3.85. The normalized spacial score (nSPS) is 26.7. The second-order valence-corrected chi connectivity index (χ2v) is 6.28. The molecule has 0 radical (unpaired) electrons. The molecule has 102 valence electrons. The molecule has 3 heterocycles. The van der Waals surface area contributed by atoms with Gasteiger partial charge in [-0.05, 0) is 56.5 Å². The van der Waals surface area contributed by atoms with E-state index in [-0.39, 0.29) is 5.41 Å². The zero-order valence-corrected chi connectivity index (χ0v) is 11.6. The van der Waals surface area contributed by atoms with Gasteiger partial charge in [0, 0.05) is 22.7 Å². The van der Waals surface area contributed by atoms with Crippen molar-refractivity contribution in [2.75, 3.05) is 25.0 Å². The molecule has 3 aliphatic rings. The van der Waals surface area contributed by atoms with Crippen LogP contribution in [0, 0.1) is 0 Å². The minimum Gasteiger partial charge on any atom is -0.492 e. The summed E-state index contributed by atoms with van der Waals surface area (Å²) < 4.78 is 6.03. The van der Waals surface area contributed by atoms with Gasteiger partial charge in [0.2, 0.25) is 0 Å². The number of rotatable bonds is 1. The zero-order valence-electron chi connectivity index (χ0n) is 11.6. The van der Waals surface area contributed by atoms with Crippen LogP contribution in [-0.2, 0) is 11.8 Å². The molecule has 0 amide bonds. The number of benzene rings is 1. The quantitative estimate of drug-likeness (QED) is 0.812. The molecule has 3 heteroatoms. The van der Waals surface area contributed by atoms with Crippen LogP contribution in [0.1, 0.15) is 37.3 Å². The van der Waals surface area contributed by atoms with Gasteiger partial charge in [0.25, 0.3) is 0 Å². The van der Waals surface area contributed by atoms with Crippen LogP contribution < -0.4 is 15.4 Å². The van der Waals surface area contributed by atoms with E-state index in [4.69, 9.17) is 4.74 Å². The molecular formula is C16H22N2O. The van der Waals surface area contributed by atoms with Crippen molar-refractivity contribution in [2.45, 2.75) is 44.1 Å². The van der Waals surface area contributed by atoms with Gasteiger partial charge in [-0.3, -0.25) is 0 Å². The molecule has 3 aliphatic heterocycles. The topological polar surface area (TPSA) is 33.3 Å². The number of fused-ring (bicyclic) bond motifs is 3. The predicted molar refractivity (Wildman–Crippen MR) is 77.1 cm³/mol. The Morgan fingerprint density at radius 3 is 2.95 bits per heavy atom. The molecule has 0 bridgehead atoms. The summed E-state index contributed by atoms with van der Waals surface area (Å²) in [5.41, 5.74) is 4.53. The molecule has 1 aromatic rings. The summed E-state index contributed by atoms with van der Waals surface area (Å²) in [5, 5.41) is 7.13. The van der Waals surface area contributed by atoms with Gasteiger partial charge >= 0.3 is 0 Å². The number of hydrogen-bond acceptors (Lipinski definition) is 3. The lowest BCUT2D eigenvalue weighted by molar-refractivity contribution is 0.220. The van der Waals surface area contributed by atoms with E-state index in [0.717, 1.165) is 31.9 Å². The van der Waals surface area contributed by atoms with Crippen molar-refractivity contribution in [3.8, 4) is 5.75 Å². The summed E-state index contributed by atoms with van der Waals surface area (Å²) in [4.78, 5) is 0. The van der Waals surface area contributed by atoms with Gasteiger partial charge in [0.15, 0.2) is 0 Å². The summed E-state index contributed by atoms with van der Waals surface area (Å²) in [6.07, 6.45) is 4.75. The monoisotopic (exact) mass is 258 g/mol. The van der Waals surface area contributed by atoms with Gasteiger partial charge < -0.3 is 15.4 Å². The Hall–Kier alpha value is -1.22. The zero-order chi connectivity index (χ0) is 12.9. The molecule has 1 fully saturated rings. The first-order valence-corrected chi connectivity index (χ1v) is 7.58. The molecule has 1 saturated heterocycles. The highest BCUT2D eigenvalue weighted by molar-refractivity contribution is 5.64. The second-order valence-electron chi connectivity index (χ2n) is 6.28. The minimum atomic E-state index is 0.279. The molecule has 1 atom stereocenters. The molecule has 1 unspecified atom stereocenters. The molecule has 3 nitrogen and oxygen atoms in total. The average Bonchev–Trinajstić information content (AvgIpc) is 3.00. The molecule has 0 aromatic heterocycles. The molecule has 4 rings (SSSR count). The molecule has 2 N–H and O–H groups in total. The maximum atomic E-state index is 6.03. The SMILES string of the molecule is CCC1Cc2cc3c(cc2N1)C1(CCNCC1)CO3. The summed E-state index contributed by atoms with van der Waals surface area (Å²) in [5.74, 6) is 1.15. The maximum absolute atomic E-state index is 6.03. The Labute approximate surface area is 114 Å². The van der Waals surface area contributed by atoms with Gasteiger partial charge in [-0.25, -0.2) is 0 Å². The Kier molecular flexibility index (Phi) is 2.52. The van der Waals surface area contributed by atoms with Crippen LogP contribution in [-0.4, -0.2) is 25.7 Å². The van der Waals surface area contributed by atoms with Crippen LogP contribution in [0.15, 0.2) is 12.1 Å². The van der Waals surface area contributed by atoms with Crippen LogP contribution in [0.5, 0.6) is 5.75 Å². The number of hydrogen-bond donors (Lipinski definition) is 2. The third-order valence-corrected chi connectivity index (χ3v) is 5.16. The van der Waals surface area contributed by atoms with E-state index in [0.29, 0.717) is 6.04 Å². The lowest BCUT2D eigenvalue weighted by Gasteiger charge is -2.32. The lowest BCUT2D eigenvalue weighted by atomic mass is 9.74. The average molecular weight is 258 g/mol. The van der Waals surface area contributed by atoms with Crippen molar-refractivity contribution >= 4 is 5.69 Å². The predicted octanol–water partition coefficient (Wildman–Crippen LogP) is 2.45. The Morgan fingerprint density at radius 1 is 1.32 bits per heavy atom. The molecule has 0 saturated carbocycles. The molecular weight excluding hydrogens is 236 g/mol. The highest BCUT2D eigenvalue weighted by Gasteiger charge is 2.42. The van der Waals surface area contributed by atoms with Gasteiger partial charge in [0.1, 0.15) is 5.75 Å². The standard InChI is InChI=1S/C16H22N2O/c1-2-12-7-11-8-15-13(9-14(11)18-12)16(10-19-15)3-5-17-6-4-16/h8-9,12,17-18H,2-7,10H2,1H3. The van der Waals surface area contributed by atoms with Crippen LogP contribution in [0.2, 0.25) is 0 Å². The highest BCUT2D eigenvalue weighted by atomic mass is 16.5. The Bertz CT molecular complexity index is 506. The molecule has 19 heavy (non-hydrogen) atoms. The number of anilines is 1. The maximum Gasteiger partial charge on any atom is 0.123 e. The largest absolute Gasteiger partial charge is 0.492 e. The van der Waals surface area contributed by atoms with Crippen molar-refractivity contribution in [3.63, 3.8) is 0 Å². The van der Waals surface area contributed by atoms with Crippen molar-refractivity contribution in [1.82, 2.24) is 5.32 Å². The lowest BCUT2D eigenvalue weighted by Crippen LogP contribution is -2.40. The van der Waals surface area contributed by atoms with Gasteiger partial charge in [0.05, 0.1) is 6.61 Å². The Balaban J connectivity index is 1.73. The highest BCUT2D eigenvalue weighted by Crippen LogP contribution is 2.47. The first-order valence-electron chi connectivity index (χ1n) is 7.58.